The summed E-state index contributed by atoms with van der Waals surface area (Å²) in [7, 11) is 0. The molecule has 0 saturated carbocycles. The standard InChI is InChI=1S/C10H16O/c1-3-5-6-8-10(9-11)7-4-2/h2,5-6,10-11H,3,7-9H2,1H3/b6-5+. The number of hydrogen-bond acceptors (Lipinski definition) is 1. The van der Waals surface area contributed by atoms with Crippen molar-refractivity contribution >= 4 is 0 Å². The zero-order valence-corrected chi connectivity index (χ0v) is 7.09. The molecule has 0 aromatic heterocycles. The third-order valence-corrected chi connectivity index (χ3v) is 1.54. The van der Waals surface area contributed by atoms with Crippen molar-refractivity contribution in [2.75, 3.05) is 6.61 Å². The summed E-state index contributed by atoms with van der Waals surface area (Å²) in [6.45, 7) is 2.28. The van der Waals surface area contributed by atoms with Gasteiger partial charge in [0.25, 0.3) is 0 Å². The minimum absolute atomic E-state index is 0.193. The Morgan fingerprint density at radius 1 is 1.55 bits per heavy atom. The lowest BCUT2D eigenvalue weighted by atomic mass is 10.0. The van der Waals surface area contributed by atoms with Crippen molar-refractivity contribution in [3.05, 3.63) is 12.2 Å². The lowest BCUT2D eigenvalue weighted by molar-refractivity contribution is 0.230. The number of rotatable bonds is 5. The number of terminal acetylenes is 1. The van der Waals surface area contributed by atoms with Crippen LogP contribution in [0.25, 0.3) is 0 Å². The monoisotopic (exact) mass is 152 g/mol. The molecule has 0 aliphatic heterocycles. The molecule has 0 heterocycles. The van der Waals surface area contributed by atoms with E-state index in [1.54, 1.807) is 0 Å². The molecule has 1 nitrogen and oxygen atoms in total. The second-order valence-electron chi connectivity index (χ2n) is 2.57. The maximum Gasteiger partial charge on any atom is 0.0471 e. The molecule has 0 aromatic rings. The third kappa shape index (κ3) is 5.69. The Bertz CT molecular complexity index is 141. The average Bonchev–Trinajstić information content (AvgIpc) is 2.03. The first-order chi connectivity index (χ1) is 5.35. The molecular formula is C10H16O. The van der Waals surface area contributed by atoms with E-state index in [0.717, 1.165) is 12.8 Å². The predicted octanol–water partition coefficient (Wildman–Crippen LogP) is 1.97. The largest absolute Gasteiger partial charge is 0.396 e. The van der Waals surface area contributed by atoms with Crippen LogP contribution in [0.15, 0.2) is 12.2 Å². The first kappa shape index (κ1) is 10.3. The van der Waals surface area contributed by atoms with Crippen LogP contribution in [0.1, 0.15) is 26.2 Å². The molecule has 0 aliphatic carbocycles. The fraction of sp³-hybridized carbons (Fsp3) is 0.600. The van der Waals surface area contributed by atoms with Gasteiger partial charge in [0, 0.05) is 13.0 Å². The Balaban J connectivity index is 3.53. The van der Waals surface area contributed by atoms with Crippen molar-refractivity contribution in [3.63, 3.8) is 0 Å². The van der Waals surface area contributed by atoms with Crippen LogP contribution in [-0.4, -0.2) is 11.7 Å². The highest BCUT2D eigenvalue weighted by atomic mass is 16.3. The van der Waals surface area contributed by atoms with Gasteiger partial charge in [0.2, 0.25) is 0 Å². The summed E-state index contributed by atoms with van der Waals surface area (Å²) >= 11 is 0. The van der Waals surface area contributed by atoms with Gasteiger partial charge in [-0.2, -0.15) is 0 Å². The summed E-state index contributed by atoms with van der Waals surface area (Å²) in [5.41, 5.74) is 0. The predicted molar refractivity (Wildman–Crippen MR) is 48.1 cm³/mol. The van der Waals surface area contributed by atoms with Crippen LogP contribution in [-0.2, 0) is 0 Å². The minimum atomic E-state index is 0.193. The lowest BCUT2D eigenvalue weighted by Gasteiger charge is -2.05. The van der Waals surface area contributed by atoms with Crippen molar-refractivity contribution in [1.82, 2.24) is 0 Å². The van der Waals surface area contributed by atoms with E-state index in [4.69, 9.17) is 11.5 Å². The number of aliphatic hydroxyl groups is 1. The normalized spacial score (nSPS) is 13.2. The Kier molecular flexibility index (Phi) is 6.87. The SMILES string of the molecule is C#CCC(CO)C/C=C/CC. The fourth-order valence-electron chi connectivity index (χ4n) is 0.844. The van der Waals surface area contributed by atoms with Gasteiger partial charge in [0.15, 0.2) is 0 Å². The average molecular weight is 152 g/mol. The zero-order valence-electron chi connectivity index (χ0n) is 7.09. The fourth-order valence-corrected chi connectivity index (χ4v) is 0.844. The van der Waals surface area contributed by atoms with E-state index < -0.39 is 0 Å². The maximum atomic E-state index is 8.83. The van der Waals surface area contributed by atoms with Gasteiger partial charge in [-0.3, -0.25) is 0 Å². The van der Waals surface area contributed by atoms with E-state index in [1.807, 2.05) is 0 Å². The van der Waals surface area contributed by atoms with Gasteiger partial charge in [-0.15, -0.1) is 12.3 Å². The summed E-state index contributed by atoms with van der Waals surface area (Å²) in [5.74, 6) is 2.80. The quantitative estimate of drug-likeness (QED) is 0.471. The van der Waals surface area contributed by atoms with Gasteiger partial charge < -0.3 is 5.11 Å². The van der Waals surface area contributed by atoms with Crippen molar-refractivity contribution < 1.29 is 5.11 Å². The number of hydrogen-bond donors (Lipinski definition) is 1. The molecular weight excluding hydrogens is 136 g/mol. The van der Waals surface area contributed by atoms with Gasteiger partial charge in [-0.05, 0) is 18.8 Å². The van der Waals surface area contributed by atoms with E-state index in [2.05, 4.69) is 25.0 Å². The number of allylic oxidation sites excluding steroid dienone is 2. The van der Waals surface area contributed by atoms with Crippen molar-refractivity contribution in [2.24, 2.45) is 5.92 Å². The summed E-state index contributed by atoms with van der Waals surface area (Å²) in [5, 5.41) is 8.83. The molecule has 0 aromatic carbocycles. The highest BCUT2D eigenvalue weighted by Crippen LogP contribution is 2.07. The smallest absolute Gasteiger partial charge is 0.0471 e. The highest BCUT2D eigenvalue weighted by molar-refractivity contribution is 4.90. The van der Waals surface area contributed by atoms with E-state index in [1.165, 1.54) is 0 Å². The Morgan fingerprint density at radius 3 is 2.73 bits per heavy atom. The summed E-state index contributed by atoms with van der Waals surface area (Å²) in [4.78, 5) is 0. The molecule has 1 atom stereocenters. The second kappa shape index (κ2) is 7.37. The van der Waals surface area contributed by atoms with Crippen LogP contribution in [0.2, 0.25) is 0 Å². The van der Waals surface area contributed by atoms with Crippen molar-refractivity contribution in [2.45, 2.75) is 26.2 Å². The minimum Gasteiger partial charge on any atom is -0.396 e. The van der Waals surface area contributed by atoms with Crippen molar-refractivity contribution in [1.29, 1.82) is 0 Å². The Labute approximate surface area is 69.1 Å². The molecule has 0 amide bonds. The van der Waals surface area contributed by atoms with Gasteiger partial charge in [-0.25, -0.2) is 0 Å². The maximum absolute atomic E-state index is 8.83. The Hall–Kier alpha value is -0.740. The Morgan fingerprint density at radius 2 is 2.27 bits per heavy atom. The van der Waals surface area contributed by atoms with E-state index in [0.29, 0.717) is 6.42 Å². The molecule has 0 radical (unpaired) electrons. The first-order valence-electron chi connectivity index (χ1n) is 4.04. The molecule has 0 rings (SSSR count). The molecule has 0 fully saturated rings. The summed E-state index contributed by atoms with van der Waals surface area (Å²) in [6.07, 6.45) is 11.9. The van der Waals surface area contributed by atoms with E-state index >= 15 is 0 Å². The molecule has 1 N–H and O–H groups in total. The van der Waals surface area contributed by atoms with Crippen LogP contribution in [0.4, 0.5) is 0 Å². The van der Waals surface area contributed by atoms with Crippen LogP contribution >= 0.6 is 0 Å². The third-order valence-electron chi connectivity index (χ3n) is 1.54. The highest BCUT2D eigenvalue weighted by Gasteiger charge is 2.01. The van der Waals surface area contributed by atoms with Crippen LogP contribution < -0.4 is 0 Å². The molecule has 0 saturated heterocycles. The topological polar surface area (TPSA) is 20.2 Å². The molecule has 11 heavy (non-hydrogen) atoms. The van der Waals surface area contributed by atoms with Gasteiger partial charge in [-0.1, -0.05) is 19.1 Å². The van der Waals surface area contributed by atoms with Gasteiger partial charge >= 0.3 is 0 Å². The zero-order chi connectivity index (χ0) is 8.53. The molecule has 0 spiro atoms. The second-order valence-corrected chi connectivity index (χ2v) is 2.57. The summed E-state index contributed by atoms with van der Waals surface area (Å²) < 4.78 is 0. The van der Waals surface area contributed by atoms with Crippen LogP contribution in [0, 0.1) is 18.3 Å². The first-order valence-corrected chi connectivity index (χ1v) is 4.04. The van der Waals surface area contributed by atoms with Crippen LogP contribution in [0.3, 0.4) is 0 Å². The molecule has 0 bridgehead atoms. The van der Waals surface area contributed by atoms with E-state index in [9.17, 15) is 0 Å². The molecule has 1 heteroatoms. The van der Waals surface area contributed by atoms with E-state index in [-0.39, 0.29) is 12.5 Å². The van der Waals surface area contributed by atoms with Crippen LogP contribution in [0.5, 0.6) is 0 Å². The molecule has 1 unspecified atom stereocenters. The lowest BCUT2D eigenvalue weighted by Crippen LogP contribution is -2.02. The number of aliphatic hydroxyl groups excluding tert-OH is 1. The molecule has 0 aliphatic rings. The molecule has 62 valence electrons. The van der Waals surface area contributed by atoms with Gasteiger partial charge in [0.05, 0.1) is 0 Å². The van der Waals surface area contributed by atoms with Gasteiger partial charge in [0.1, 0.15) is 0 Å². The van der Waals surface area contributed by atoms with Crippen molar-refractivity contribution in [3.8, 4) is 12.3 Å². The summed E-state index contributed by atoms with van der Waals surface area (Å²) in [6, 6.07) is 0.